The number of benzene rings is 1. The third kappa shape index (κ3) is 2.69. The van der Waals surface area contributed by atoms with Gasteiger partial charge in [-0.2, -0.15) is 0 Å². The van der Waals surface area contributed by atoms with E-state index in [0.29, 0.717) is 11.7 Å². The lowest BCUT2D eigenvalue weighted by molar-refractivity contribution is 0.460. The molecule has 4 heteroatoms. The van der Waals surface area contributed by atoms with Gasteiger partial charge in [0.25, 0.3) is 0 Å². The van der Waals surface area contributed by atoms with Crippen LogP contribution in [-0.2, 0) is 0 Å². The zero-order valence-corrected chi connectivity index (χ0v) is 11.8. The second-order valence-corrected chi connectivity index (χ2v) is 5.55. The fourth-order valence-electron chi connectivity index (χ4n) is 2.84. The van der Waals surface area contributed by atoms with Crippen LogP contribution in [0.25, 0.3) is 5.69 Å². The summed E-state index contributed by atoms with van der Waals surface area (Å²) in [4.78, 5) is 4.34. The number of hydrogen-bond donors (Lipinski definition) is 1. The Bertz CT molecular complexity index is 585. The Balaban J connectivity index is 1.85. The van der Waals surface area contributed by atoms with Crippen LogP contribution in [0.5, 0.6) is 0 Å². The molecule has 0 unspecified atom stereocenters. The first kappa shape index (κ1) is 13.2. The van der Waals surface area contributed by atoms with Crippen molar-refractivity contribution in [3.63, 3.8) is 0 Å². The van der Waals surface area contributed by atoms with Crippen LogP contribution in [0, 0.1) is 12.7 Å². The van der Waals surface area contributed by atoms with E-state index in [-0.39, 0.29) is 5.82 Å². The van der Waals surface area contributed by atoms with Gasteiger partial charge in [-0.1, -0.05) is 25.3 Å². The van der Waals surface area contributed by atoms with Crippen molar-refractivity contribution in [2.45, 2.75) is 45.1 Å². The molecular formula is C16H20FN3. The van der Waals surface area contributed by atoms with E-state index in [2.05, 4.69) is 10.3 Å². The van der Waals surface area contributed by atoms with Gasteiger partial charge < -0.3 is 5.32 Å². The molecule has 1 aromatic carbocycles. The van der Waals surface area contributed by atoms with Crippen LogP contribution in [0.4, 0.5) is 10.3 Å². The molecule has 2 aromatic rings. The zero-order valence-electron chi connectivity index (χ0n) is 11.8. The van der Waals surface area contributed by atoms with Crippen LogP contribution in [0.1, 0.15) is 37.7 Å². The van der Waals surface area contributed by atoms with Gasteiger partial charge in [-0.25, -0.2) is 9.37 Å². The third-order valence-electron chi connectivity index (χ3n) is 3.94. The van der Waals surface area contributed by atoms with Gasteiger partial charge >= 0.3 is 0 Å². The molecule has 0 saturated heterocycles. The zero-order chi connectivity index (χ0) is 13.9. The molecular weight excluding hydrogens is 253 g/mol. The second-order valence-electron chi connectivity index (χ2n) is 5.55. The summed E-state index contributed by atoms with van der Waals surface area (Å²) in [5, 5.41) is 3.45. The lowest BCUT2D eigenvalue weighted by atomic mass is 9.96. The normalized spacial score (nSPS) is 16.3. The van der Waals surface area contributed by atoms with Gasteiger partial charge in [-0.15, -0.1) is 0 Å². The largest absolute Gasteiger partial charge is 0.353 e. The summed E-state index contributed by atoms with van der Waals surface area (Å²) >= 11 is 0. The SMILES string of the molecule is Cc1ccc(-n2ccnc2NC2CCCCC2)c(F)c1. The van der Waals surface area contributed by atoms with Crippen LogP contribution in [0.15, 0.2) is 30.6 Å². The number of imidazole rings is 1. The molecule has 1 fully saturated rings. The maximum absolute atomic E-state index is 14.1. The fraction of sp³-hybridized carbons (Fsp3) is 0.438. The first-order valence-corrected chi connectivity index (χ1v) is 7.30. The highest BCUT2D eigenvalue weighted by Gasteiger charge is 2.16. The molecule has 1 aliphatic carbocycles. The van der Waals surface area contributed by atoms with Crippen molar-refractivity contribution in [3.8, 4) is 5.69 Å². The van der Waals surface area contributed by atoms with Crippen LogP contribution < -0.4 is 5.32 Å². The molecule has 0 amide bonds. The minimum Gasteiger partial charge on any atom is -0.353 e. The Kier molecular flexibility index (Phi) is 3.72. The van der Waals surface area contributed by atoms with Crippen molar-refractivity contribution >= 4 is 5.95 Å². The Morgan fingerprint density at radius 1 is 1.25 bits per heavy atom. The molecule has 3 nitrogen and oxygen atoms in total. The maximum Gasteiger partial charge on any atom is 0.207 e. The molecule has 20 heavy (non-hydrogen) atoms. The van der Waals surface area contributed by atoms with Crippen molar-refractivity contribution in [1.82, 2.24) is 9.55 Å². The topological polar surface area (TPSA) is 29.9 Å². The van der Waals surface area contributed by atoms with E-state index in [1.54, 1.807) is 29.1 Å². The van der Waals surface area contributed by atoms with Crippen molar-refractivity contribution in [2.24, 2.45) is 0 Å². The van der Waals surface area contributed by atoms with Gasteiger partial charge in [0, 0.05) is 18.4 Å². The molecule has 1 aromatic heterocycles. The number of hydrogen-bond acceptors (Lipinski definition) is 2. The van der Waals surface area contributed by atoms with E-state index in [9.17, 15) is 4.39 Å². The van der Waals surface area contributed by atoms with E-state index in [1.165, 1.54) is 32.1 Å². The summed E-state index contributed by atoms with van der Waals surface area (Å²) in [6.45, 7) is 1.89. The summed E-state index contributed by atoms with van der Waals surface area (Å²) < 4.78 is 15.9. The summed E-state index contributed by atoms with van der Waals surface area (Å²) in [6, 6.07) is 5.74. The highest BCUT2D eigenvalue weighted by atomic mass is 19.1. The molecule has 0 spiro atoms. The molecule has 0 bridgehead atoms. The first-order chi connectivity index (χ1) is 9.74. The minimum absolute atomic E-state index is 0.213. The summed E-state index contributed by atoms with van der Waals surface area (Å²) in [7, 11) is 0. The Morgan fingerprint density at radius 2 is 2.05 bits per heavy atom. The monoisotopic (exact) mass is 273 g/mol. The molecule has 1 saturated carbocycles. The smallest absolute Gasteiger partial charge is 0.207 e. The lowest BCUT2D eigenvalue weighted by Crippen LogP contribution is -2.24. The predicted octanol–water partition coefficient (Wildman–Crippen LogP) is 4.06. The molecule has 3 rings (SSSR count). The Morgan fingerprint density at radius 3 is 2.80 bits per heavy atom. The van der Waals surface area contributed by atoms with E-state index in [0.717, 1.165) is 11.5 Å². The maximum atomic E-state index is 14.1. The molecule has 0 radical (unpaired) electrons. The Labute approximate surface area is 118 Å². The van der Waals surface area contributed by atoms with Crippen LogP contribution >= 0.6 is 0 Å². The second kappa shape index (κ2) is 5.65. The molecule has 106 valence electrons. The molecule has 1 N–H and O–H groups in total. The molecule has 1 heterocycles. The van der Waals surface area contributed by atoms with E-state index < -0.39 is 0 Å². The van der Waals surface area contributed by atoms with E-state index in [1.807, 2.05) is 13.0 Å². The van der Waals surface area contributed by atoms with Crippen molar-refractivity contribution in [2.75, 3.05) is 5.32 Å². The quantitative estimate of drug-likeness (QED) is 0.913. The number of halogens is 1. The van der Waals surface area contributed by atoms with Crippen molar-refractivity contribution in [3.05, 3.63) is 42.0 Å². The van der Waals surface area contributed by atoms with Gasteiger partial charge in [0.1, 0.15) is 5.82 Å². The van der Waals surface area contributed by atoms with Crippen LogP contribution in [0.3, 0.4) is 0 Å². The summed E-state index contributed by atoms with van der Waals surface area (Å²) in [5.74, 6) is 0.523. The van der Waals surface area contributed by atoms with Gasteiger partial charge in [-0.05, 0) is 37.5 Å². The minimum atomic E-state index is -0.213. The average molecular weight is 273 g/mol. The van der Waals surface area contributed by atoms with Gasteiger partial charge in [0.2, 0.25) is 5.95 Å². The molecule has 0 atom stereocenters. The van der Waals surface area contributed by atoms with E-state index in [4.69, 9.17) is 0 Å². The number of anilines is 1. The molecule has 0 aliphatic heterocycles. The highest BCUT2D eigenvalue weighted by molar-refractivity contribution is 5.44. The van der Waals surface area contributed by atoms with Gasteiger partial charge in [0.05, 0.1) is 5.69 Å². The number of aryl methyl sites for hydroxylation is 1. The average Bonchev–Trinajstić information content (AvgIpc) is 2.88. The summed E-state index contributed by atoms with van der Waals surface area (Å²) in [5.41, 5.74) is 1.47. The summed E-state index contributed by atoms with van der Waals surface area (Å²) in [6.07, 6.45) is 9.70. The van der Waals surface area contributed by atoms with Crippen LogP contribution in [0.2, 0.25) is 0 Å². The van der Waals surface area contributed by atoms with Crippen molar-refractivity contribution in [1.29, 1.82) is 0 Å². The first-order valence-electron chi connectivity index (χ1n) is 7.30. The number of nitrogens with zero attached hydrogens (tertiary/aromatic N) is 2. The lowest BCUT2D eigenvalue weighted by Gasteiger charge is -2.23. The van der Waals surface area contributed by atoms with Gasteiger partial charge in [-0.3, -0.25) is 4.57 Å². The standard InChI is InChI=1S/C16H20FN3/c1-12-7-8-15(14(17)11-12)20-10-9-18-16(20)19-13-5-3-2-4-6-13/h7-11,13H,2-6H2,1H3,(H,18,19). The fourth-order valence-corrected chi connectivity index (χ4v) is 2.84. The molecule has 1 aliphatic rings. The number of nitrogens with one attached hydrogen (secondary N) is 1. The third-order valence-corrected chi connectivity index (χ3v) is 3.94. The Hall–Kier alpha value is -1.84. The highest BCUT2D eigenvalue weighted by Crippen LogP contribution is 2.23. The van der Waals surface area contributed by atoms with Gasteiger partial charge in [0.15, 0.2) is 0 Å². The number of rotatable bonds is 3. The predicted molar refractivity (Wildman–Crippen MR) is 78.8 cm³/mol. The van der Waals surface area contributed by atoms with Crippen molar-refractivity contribution < 1.29 is 4.39 Å². The number of aromatic nitrogens is 2. The van der Waals surface area contributed by atoms with Crippen LogP contribution in [-0.4, -0.2) is 15.6 Å². The van der Waals surface area contributed by atoms with E-state index >= 15 is 0 Å².